The monoisotopic (exact) mass is 226 g/mol. The number of hydrogen-bond donors (Lipinski definition) is 1. The van der Waals surface area contributed by atoms with Crippen molar-refractivity contribution < 1.29 is 9.84 Å². The lowest BCUT2D eigenvalue weighted by molar-refractivity contribution is 0.149. The topological polar surface area (TPSA) is 29.5 Å². The van der Waals surface area contributed by atoms with E-state index in [-0.39, 0.29) is 0 Å². The maximum atomic E-state index is 9.87. The van der Waals surface area contributed by atoms with Gasteiger partial charge in [-0.15, -0.1) is 0 Å². The van der Waals surface area contributed by atoms with Crippen molar-refractivity contribution in [2.24, 2.45) is 0 Å². The lowest BCUT2D eigenvalue weighted by Crippen LogP contribution is -2.12. The SMILES string of the molecule is CCOc1ccc(Cl)cc1CC1(O)CC1. The van der Waals surface area contributed by atoms with E-state index in [1.54, 1.807) is 0 Å². The molecule has 0 aliphatic heterocycles. The molecule has 3 heteroatoms. The Balaban J connectivity index is 2.21. The molecule has 1 N–H and O–H groups in total. The van der Waals surface area contributed by atoms with Crippen LogP contribution in [0, 0.1) is 0 Å². The predicted octanol–water partition coefficient (Wildman–Crippen LogP) is 2.81. The van der Waals surface area contributed by atoms with Crippen molar-refractivity contribution in [1.82, 2.24) is 0 Å². The third-order valence-corrected chi connectivity index (χ3v) is 2.90. The summed E-state index contributed by atoms with van der Waals surface area (Å²) in [5, 5.41) is 10.6. The highest BCUT2D eigenvalue weighted by molar-refractivity contribution is 6.30. The third kappa shape index (κ3) is 2.64. The Bertz CT molecular complexity index is 359. The van der Waals surface area contributed by atoms with E-state index in [4.69, 9.17) is 16.3 Å². The third-order valence-electron chi connectivity index (χ3n) is 2.67. The summed E-state index contributed by atoms with van der Waals surface area (Å²) in [6.07, 6.45) is 2.40. The fourth-order valence-electron chi connectivity index (χ4n) is 1.66. The lowest BCUT2D eigenvalue weighted by atomic mass is 10.1. The van der Waals surface area contributed by atoms with Crippen molar-refractivity contribution in [3.63, 3.8) is 0 Å². The van der Waals surface area contributed by atoms with Gasteiger partial charge in [0.05, 0.1) is 12.2 Å². The van der Waals surface area contributed by atoms with Crippen LogP contribution in [-0.4, -0.2) is 17.3 Å². The van der Waals surface area contributed by atoms with Crippen LogP contribution in [0.3, 0.4) is 0 Å². The molecule has 0 radical (unpaired) electrons. The van der Waals surface area contributed by atoms with Gasteiger partial charge in [0.15, 0.2) is 0 Å². The van der Waals surface area contributed by atoms with E-state index in [1.165, 1.54) is 0 Å². The maximum Gasteiger partial charge on any atom is 0.122 e. The molecule has 2 rings (SSSR count). The first kappa shape index (κ1) is 10.8. The van der Waals surface area contributed by atoms with Crippen LogP contribution in [0.4, 0.5) is 0 Å². The van der Waals surface area contributed by atoms with Crippen molar-refractivity contribution in [1.29, 1.82) is 0 Å². The minimum absolute atomic E-state index is 0.503. The Morgan fingerprint density at radius 3 is 2.80 bits per heavy atom. The van der Waals surface area contributed by atoms with Crippen molar-refractivity contribution in [3.8, 4) is 5.75 Å². The molecule has 1 aliphatic rings. The van der Waals surface area contributed by atoms with Crippen LogP contribution < -0.4 is 4.74 Å². The van der Waals surface area contributed by atoms with Crippen LogP contribution in [-0.2, 0) is 6.42 Å². The van der Waals surface area contributed by atoms with Gasteiger partial charge >= 0.3 is 0 Å². The fraction of sp³-hybridized carbons (Fsp3) is 0.500. The van der Waals surface area contributed by atoms with Gasteiger partial charge in [0, 0.05) is 11.4 Å². The Morgan fingerprint density at radius 1 is 1.47 bits per heavy atom. The summed E-state index contributed by atoms with van der Waals surface area (Å²) in [4.78, 5) is 0. The fourth-order valence-corrected chi connectivity index (χ4v) is 1.85. The summed E-state index contributed by atoms with van der Waals surface area (Å²) in [6, 6.07) is 5.56. The van der Waals surface area contributed by atoms with Gasteiger partial charge in [-0.25, -0.2) is 0 Å². The molecule has 0 aromatic heterocycles. The van der Waals surface area contributed by atoms with Crippen LogP contribution in [0.2, 0.25) is 5.02 Å². The molecule has 1 fully saturated rings. The van der Waals surface area contributed by atoms with E-state index in [0.29, 0.717) is 18.1 Å². The van der Waals surface area contributed by atoms with Crippen molar-refractivity contribution in [3.05, 3.63) is 28.8 Å². The van der Waals surface area contributed by atoms with Gasteiger partial charge in [-0.1, -0.05) is 11.6 Å². The molecule has 1 saturated carbocycles. The van der Waals surface area contributed by atoms with Gasteiger partial charge in [-0.3, -0.25) is 0 Å². The molecule has 0 spiro atoms. The molecule has 2 nitrogen and oxygen atoms in total. The number of aliphatic hydroxyl groups is 1. The smallest absolute Gasteiger partial charge is 0.122 e. The molecule has 0 saturated heterocycles. The molecule has 0 atom stereocenters. The average Bonchev–Trinajstić information content (AvgIpc) is 2.89. The quantitative estimate of drug-likeness (QED) is 0.856. The molecule has 1 aliphatic carbocycles. The molecule has 1 aromatic carbocycles. The van der Waals surface area contributed by atoms with Crippen molar-refractivity contribution >= 4 is 11.6 Å². The van der Waals surface area contributed by atoms with Gasteiger partial charge in [0.25, 0.3) is 0 Å². The van der Waals surface area contributed by atoms with Gasteiger partial charge in [0.1, 0.15) is 5.75 Å². The Morgan fingerprint density at radius 2 is 2.20 bits per heavy atom. The largest absolute Gasteiger partial charge is 0.494 e. The summed E-state index contributed by atoms with van der Waals surface area (Å²) < 4.78 is 5.50. The number of halogens is 1. The molecule has 1 aromatic rings. The van der Waals surface area contributed by atoms with E-state index in [9.17, 15) is 5.11 Å². The van der Waals surface area contributed by atoms with Gasteiger partial charge in [0.2, 0.25) is 0 Å². The zero-order valence-corrected chi connectivity index (χ0v) is 9.55. The highest BCUT2D eigenvalue weighted by atomic mass is 35.5. The zero-order valence-electron chi connectivity index (χ0n) is 8.79. The second kappa shape index (κ2) is 4.03. The van der Waals surface area contributed by atoms with E-state index in [2.05, 4.69) is 0 Å². The average molecular weight is 227 g/mol. The predicted molar refractivity (Wildman–Crippen MR) is 60.5 cm³/mol. The highest BCUT2D eigenvalue weighted by Gasteiger charge is 2.40. The zero-order chi connectivity index (χ0) is 10.9. The first-order chi connectivity index (χ1) is 7.13. The maximum absolute atomic E-state index is 9.87. The van der Waals surface area contributed by atoms with Crippen molar-refractivity contribution in [2.45, 2.75) is 31.8 Å². The van der Waals surface area contributed by atoms with Crippen LogP contribution in [0.5, 0.6) is 5.75 Å². The number of ether oxygens (including phenoxy) is 1. The summed E-state index contributed by atoms with van der Waals surface area (Å²) in [7, 11) is 0. The van der Waals surface area contributed by atoms with E-state index in [0.717, 1.165) is 24.2 Å². The lowest BCUT2D eigenvalue weighted by Gasteiger charge is -2.13. The summed E-state index contributed by atoms with van der Waals surface area (Å²) >= 11 is 5.93. The Kier molecular flexibility index (Phi) is 2.89. The van der Waals surface area contributed by atoms with Crippen LogP contribution in [0.25, 0.3) is 0 Å². The van der Waals surface area contributed by atoms with Gasteiger partial charge in [-0.05, 0) is 43.5 Å². The number of benzene rings is 1. The summed E-state index contributed by atoms with van der Waals surface area (Å²) in [5.41, 5.74) is 0.501. The van der Waals surface area contributed by atoms with E-state index < -0.39 is 5.60 Å². The standard InChI is InChI=1S/C12H15ClO2/c1-2-15-11-4-3-10(13)7-9(11)8-12(14)5-6-12/h3-4,7,14H,2,5-6,8H2,1H3. The molecule has 0 bridgehead atoms. The van der Waals surface area contributed by atoms with E-state index >= 15 is 0 Å². The first-order valence-corrected chi connectivity index (χ1v) is 5.64. The molecule has 0 heterocycles. The minimum atomic E-state index is -0.503. The summed E-state index contributed by atoms with van der Waals surface area (Å²) in [5.74, 6) is 0.835. The molecule has 0 unspecified atom stereocenters. The molecular weight excluding hydrogens is 212 g/mol. The van der Waals surface area contributed by atoms with Gasteiger partial charge in [-0.2, -0.15) is 0 Å². The normalized spacial score (nSPS) is 17.5. The Hall–Kier alpha value is -0.730. The van der Waals surface area contributed by atoms with Crippen LogP contribution in [0.15, 0.2) is 18.2 Å². The van der Waals surface area contributed by atoms with E-state index in [1.807, 2.05) is 25.1 Å². The van der Waals surface area contributed by atoms with Gasteiger partial charge < -0.3 is 9.84 Å². The first-order valence-electron chi connectivity index (χ1n) is 5.26. The molecule has 0 amide bonds. The molecule has 82 valence electrons. The second-order valence-electron chi connectivity index (χ2n) is 4.09. The Labute approximate surface area is 94.8 Å². The number of hydrogen-bond acceptors (Lipinski definition) is 2. The second-order valence-corrected chi connectivity index (χ2v) is 4.52. The van der Waals surface area contributed by atoms with Crippen LogP contribution in [0.1, 0.15) is 25.3 Å². The highest BCUT2D eigenvalue weighted by Crippen LogP contribution is 2.40. The number of rotatable bonds is 4. The van der Waals surface area contributed by atoms with Crippen molar-refractivity contribution in [2.75, 3.05) is 6.61 Å². The minimum Gasteiger partial charge on any atom is -0.494 e. The van der Waals surface area contributed by atoms with Crippen LogP contribution >= 0.6 is 11.6 Å². The molecule has 15 heavy (non-hydrogen) atoms. The summed E-state index contributed by atoms with van der Waals surface area (Å²) in [6.45, 7) is 2.58. The molecular formula is C12H15ClO2.